The summed E-state index contributed by atoms with van der Waals surface area (Å²) >= 11 is 0. The SMILES string of the molecule is Cc1cc(C(=O)C2CCOc3ccccc32)oc1C. The van der Waals surface area contributed by atoms with Crippen molar-refractivity contribution in [1.29, 1.82) is 0 Å². The molecule has 1 atom stereocenters. The molecule has 1 unspecified atom stereocenters. The maximum atomic E-state index is 12.6. The molecule has 3 nitrogen and oxygen atoms in total. The molecule has 0 fully saturated rings. The molecular weight excluding hydrogens is 240 g/mol. The van der Waals surface area contributed by atoms with Crippen LogP contribution in [-0.2, 0) is 0 Å². The zero-order valence-corrected chi connectivity index (χ0v) is 11.1. The number of ketones is 1. The third-order valence-corrected chi connectivity index (χ3v) is 3.68. The van der Waals surface area contributed by atoms with Crippen molar-refractivity contribution >= 4 is 5.78 Å². The monoisotopic (exact) mass is 256 g/mol. The maximum Gasteiger partial charge on any atom is 0.205 e. The summed E-state index contributed by atoms with van der Waals surface area (Å²) < 4.78 is 11.1. The lowest BCUT2D eigenvalue weighted by Crippen LogP contribution is -2.21. The predicted molar refractivity (Wildman–Crippen MR) is 71.8 cm³/mol. The third-order valence-electron chi connectivity index (χ3n) is 3.68. The lowest BCUT2D eigenvalue weighted by molar-refractivity contribution is 0.0904. The van der Waals surface area contributed by atoms with E-state index in [4.69, 9.17) is 9.15 Å². The first kappa shape index (κ1) is 12.0. The fourth-order valence-corrected chi connectivity index (χ4v) is 2.48. The van der Waals surface area contributed by atoms with Crippen LogP contribution in [-0.4, -0.2) is 12.4 Å². The molecule has 0 amide bonds. The van der Waals surface area contributed by atoms with Crippen molar-refractivity contribution in [2.75, 3.05) is 6.61 Å². The second kappa shape index (κ2) is 4.57. The molecule has 0 bridgehead atoms. The van der Waals surface area contributed by atoms with E-state index in [0.29, 0.717) is 18.8 Å². The third kappa shape index (κ3) is 2.05. The van der Waals surface area contributed by atoms with Crippen LogP contribution in [0.25, 0.3) is 0 Å². The quantitative estimate of drug-likeness (QED) is 0.770. The molecule has 2 heterocycles. The number of hydrogen-bond donors (Lipinski definition) is 0. The largest absolute Gasteiger partial charge is 0.493 e. The summed E-state index contributed by atoms with van der Waals surface area (Å²) in [6, 6.07) is 9.56. The van der Waals surface area contributed by atoms with Crippen LogP contribution in [0.2, 0.25) is 0 Å². The minimum atomic E-state index is -0.158. The van der Waals surface area contributed by atoms with Crippen LogP contribution < -0.4 is 4.74 Å². The molecule has 0 N–H and O–H groups in total. The molecule has 3 heteroatoms. The first-order chi connectivity index (χ1) is 9.16. The summed E-state index contributed by atoms with van der Waals surface area (Å²) in [6.45, 7) is 4.41. The Morgan fingerprint density at radius 3 is 2.79 bits per heavy atom. The van der Waals surface area contributed by atoms with E-state index in [9.17, 15) is 4.79 Å². The highest BCUT2D eigenvalue weighted by molar-refractivity contribution is 5.99. The number of Topliss-reactive ketones (excluding diaryl/α,β-unsaturated/α-hetero) is 1. The van der Waals surface area contributed by atoms with Crippen LogP contribution in [0.4, 0.5) is 0 Å². The number of fused-ring (bicyclic) bond motifs is 1. The summed E-state index contributed by atoms with van der Waals surface area (Å²) in [5.41, 5.74) is 1.98. The Hall–Kier alpha value is -2.03. The van der Waals surface area contributed by atoms with Crippen LogP contribution in [0.15, 0.2) is 34.7 Å². The summed E-state index contributed by atoms with van der Waals surface area (Å²) in [5.74, 6) is 1.97. The minimum absolute atomic E-state index is 0.0481. The zero-order chi connectivity index (χ0) is 13.4. The number of carbonyl (C=O) groups is 1. The van der Waals surface area contributed by atoms with Crippen LogP contribution in [0.5, 0.6) is 5.75 Å². The Labute approximate surface area is 112 Å². The number of furan rings is 1. The molecule has 19 heavy (non-hydrogen) atoms. The van der Waals surface area contributed by atoms with Gasteiger partial charge in [-0.05, 0) is 38.0 Å². The van der Waals surface area contributed by atoms with Gasteiger partial charge in [-0.2, -0.15) is 0 Å². The molecule has 1 aromatic heterocycles. The van der Waals surface area contributed by atoms with Crippen molar-refractivity contribution < 1.29 is 13.9 Å². The Morgan fingerprint density at radius 1 is 1.26 bits per heavy atom. The van der Waals surface area contributed by atoms with Crippen molar-refractivity contribution in [2.45, 2.75) is 26.2 Å². The van der Waals surface area contributed by atoms with E-state index in [1.54, 1.807) is 0 Å². The van der Waals surface area contributed by atoms with Crippen molar-refractivity contribution in [3.05, 3.63) is 53.0 Å². The lowest BCUT2D eigenvalue weighted by atomic mass is 9.88. The number of rotatable bonds is 2. The number of hydrogen-bond acceptors (Lipinski definition) is 3. The smallest absolute Gasteiger partial charge is 0.205 e. The lowest BCUT2D eigenvalue weighted by Gasteiger charge is -2.24. The highest BCUT2D eigenvalue weighted by atomic mass is 16.5. The predicted octanol–water partition coefficient (Wildman–Crippen LogP) is 3.65. The summed E-state index contributed by atoms with van der Waals surface area (Å²) in [6.07, 6.45) is 0.703. The van der Waals surface area contributed by atoms with Gasteiger partial charge in [0.15, 0.2) is 5.76 Å². The second-order valence-corrected chi connectivity index (χ2v) is 4.94. The first-order valence-corrected chi connectivity index (χ1v) is 6.50. The van der Waals surface area contributed by atoms with Crippen molar-refractivity contribution in [3.63, 3.8) is 0 Å². The van der Waals surface area contributed by atoms with Gasteiger partial charge in [-0.1, -0.05) is 18.2 Å². The topological polar surface area (TPSA) is 39.4 Å². The van der Waals surface area contributed by atoms with Gasteiger partial charge in [-0.15, -0.1) is 0 Å². The molecule has 2 aromatic rings. The Kier molecular flexibility index (Phi) is 2.90. The normalized spacial score (nSPS) is 17.7. The van der Waals surface area contributed by atoms with Gasteiger partial charge < -0.3 is 9.15 Å². The zero-order valence-electron chi connectivity index (χ0n) is 11.1. The van der Waals surface area contributed by atoms with Crippen LogP contribution in [0, 0.1) is 13.8 Å². The van der Waals surface area contributed by atoms with Gasteiger partial charge in [-0.25, -0.2) is 0 Å². The number of benzene rings is 1. The van der Waals surface area contributed by atoms with Gasteiger partial charge >= 0.3 is 0 Å². The molecule has 1 aliphatic heterocycles. The molecule has 0 saturated carbocycles. The van der Waals surface area contributed by atoms with Gasteiger partial charge in [0.05, 0.1) is 12.5 Å². The van der Waals surface area contributed by atoms with E-state index >= 15 is 0 Å². The Balaban J connectivity index is 1.97. The standard InChI is InChI=1S/C16H16O3/c1-10-9-15(19-11(10)2)16(17)13-7-8-18-14-6-4-3-5-12(13)14/h3-6,9,13H,7-8H2,1-2H3. The average molecular weight is 256 g/mol. The van der Waals surface area contributed by atoms with E-state index < -0.39 is 0 Å². The minimum Gasteiger partial charge on any atom is -0.493 e. The number of carbonyl (C=O) groups excluding carboxylic acids is 1. The maximum absolute atomic E-state index is 12.6. The first-order valence-electron chi connectivity index (χ1n) is 6.50. The van der Waals surface area contributed by atoms with Crippen molar-refractivity contribution in [1.82, 2.24) is 0 Å². The molecule has 98 valence electrons. The molecular formula is C16H16O3. The van der Waals surface area contributed by atoms with E-state index in [1.807, 2.05) is 44.2 Å². The van der Waals surface area contributed by atoms with Gasteiger partial charge in [0.1, 0.15) is 11.5 Å². The highest BCUT2D eigenvalue weighted by Crippen LogP contribution is 2.36. The summed E-state index contributed by atoms with van der Waals surface area (Å²) in [4.78, 5) is 12.6. The fraction of sp³-hybridized carbons (Fsp3) is 0.312. The number of ether oxygens (including phenoxy) is 1. The Morgan fingerprint density at radius 2 is 2.05 bits per heavy atom. The molecule has 3 rings (SSSR count). The fourth-order valence-electron chi connectivity index (χ4n) is 2.48. The van der Waals surface area contributed by atoms with Gasteiger partial charge in [0, 0.05) is 5.56 Å². The molecule has 0 spiro atoms. The van der Waals surface area contributed by atoms with Gasteiger partial charge in [0.2, 0.25) is 5.78 Å². The van der Waals surface area contributed by atoms with Crippen molar-refractivity contribution in [3.8, 4) is 5.75 Å². The Bertz CT molecular complexity index is 605. The summed E-state index contributed by atoms with van der Waals surface area (Å²) in [5, 5.41) is 0. The molecule has 0 radical (unpaired) electrons. The molecule has 0 aliphatic carbocycles. The van der Waals surface area contributed by atoms with Crippen LogP contribution in [0.1, 0.15) is 39.8 Å². The van der Waals surface area contributed by atoms with Crippen molar-refractivity contribution in [2.24, 2.45) is 0 Å². The molecule has 1 aromatic carbocycles. The molecule has 0 saturated heterocycles. The van der Waals surface area contributed by atoms with Gasteiger partial charge in [-0.3, -0.25) is 4.79 Å². The number of aryl methyl sites for hydroxylation is 2. The van der Waals surface area contributed by atoms with Gasteiger partial charge in [0.25, 0.3) is 0 Å². The highest BCUT2D eigenvalue weighted by Gasteiger charge is 2.30. The second-order valence-electron chi connectivity index (χ2n) is 4.94. The number of para-hydroxylation sites is 1. The summed E-state index contributed by atoms with van der Waals surface area (Å²) in [7, 11) is 0. The van der Waals surface area contributed by atoms with E-state index in [1.165, 1.54) is 0 Å². The van der Waals surface area contributed by atoms with Crippen LogP contribution in [0.3, 0.4) is 0 Å². The van der Waals surface area contributed by atoms with E-state index in [-0.39, 0.29) is 11.7 Å². The molecule has 1 aliphatic rings. The van der Waals surface area contributed by atoms with Crippen LogP contribution >= 0.6 is 0 Å². The average Bonchev–Trinajstić information content (AvgIpc) is 2.77. The van der Waals surface area contributed by atoms with E-state index in [2.05, 4.69) is 0 Å². The van der Waals surface area contributed by atoms with E-state index in [0.717, 1.165) is 22.6 Å².